The van der Waals surface area contributed by atoms with E-state index in [9.17, 15) is 0 Å². The van der Waals surface area contributed by atoms with E-state index in [1.54, 1.807) is 21.3 Å². The number of benzene rings is 2. The fourth-order valence-corrected chi connectivity index (χ4v) is 4.35. The quantitative estimate of drug-likeness (QED) is 0.564. The molecule has 3 aromatic rings. The molecule has 2 aromatic carbocycles. The molecule has 0 aliphatic carbocycles. The first kappa shape index (κ1) is 22.1. The van der Waals surface area contributed by atoms with Crippen molar-refractivity contribution in [3.05, 3.63) is 53.3 Å². The van der Waals surface area contributed by atoms with E-state index in [0.29, 0.717) is 36.4 Å². The van der Waals surface area contributed by atoms with E-state index >= 15 is 0 Å². The molecular weight excluding hydrogens is 436 g/mol. The summed E-state index contributed by atoms with van der Waals surface area (Å²) >= 11 is 0. The standard InChI is InChI=1S/C25H28N4O5/c1-30-21-6-4-16(23(31-2)24(21)32-3)14-29-9-8-19-17(15-29)13-26-25(28-19)27-18-5-7-20-22(12-18)34-11-10-33-20/h4-7,12-13H,8-11,14-15H2,1-3H3,(H,26,27,28). The molecule has 0 spiro atoms. The second kappa shape index (κ2) is 9.64. The first-order chi connectivity index (χ1) is 16.7. The van der Waals surface area contributed by atoms with Gasteiger partial charge in [0.15, 0.2) is 23.0 Å². The van der Waals surface area contributed by atoms with Gasteiger partial charge in [-0.05, 0) is 18.2 Å². The topological polar surface area (TPSA) is 87.2 Å². The number of ether oxygens (including phenoxy) is 5. The van der Waals surface area contributed by atoms with Crippen molar-refractivity contribution in [3.63, 3.8) is 0 Å². The largest absolute Gasteiger partial charge is 0.493 e. The normalized spacial score (nSPS) is 14.8. The highest BCUT2D eigenvalue weighted by molar-refractivity contribution is 5.60. The number of nitrogens with one attached hydrogen (secondary N) is 1. The molecule has 0 unspecified atom stereocenters. The number of rotatable bonds is 7. The minimum absolute atomic E-state index is 0.553. The van der Waals surface area contributed by atoms with E-state index in [0.717, 1.165) is 60.1 Å². The van der Waals surface area contributed by atoms with Crippen LogP contribution in [0, 0.1) is 0 Å². The summed E-state index contributed by atoms with van der Waals surface area (Å²) in [5.41, 5.74) is 4.09. The minimum Gasteiger partial charge on any atom is -0.493 e. The molecule has 0 atom stereocenters. The van der Waals surface area contributed by atoms with Crippen LogP contribution in [-0.2, 0) is 19.5 Å². The number of hydrogen-bond donors (Lipinski definition) is 1. The molecule has 2 aliphatic heterocycles. The number of nitrogens with zero attached hydrogens (tertiary/aromatic N) is 3. The van der Waals surface area contributed by atoms with E-state index in [1.165, 1.54) is 0 Å². The SMILES string of the molecule is COc1ccc(CN2CCc3nc(Nc4ccc5c(c4)OCCO5)ncc3C2)c(OC)c1OC. The van der Waals surface area contributed by atoms with Gasteiger partial charge in [-0.3, -0.25) is 4.90 Å². The van der Waals surface area contributed by atoms with Crippen LogP contribution in [0.25, 0.3) is 0 Å². The van der Waals surface area contributed by atoms with Gasteiger partial charge in [0.25, 0.3) is 0 Å². The summed E-state index contributed by atoms with van der Waals surface area (Å²) in [5.74, 6) is 4.02. The van der Waals surface area contributed by atoms with Crippen LogP contribution >= 0.6 is 0 Å². The molecule has 9 heteroatoms. The molecule has 0 fully saturated rings. The third-order valence-corrected chi connectivity index (χ3v) is 5.99. The van der Waals surface area contributed by atoms with Crippen molar-refractivity contribution in [2.45, 2.75) is 19.5 Å². The Morgan fingerprint density at radius 2 is 1.79 bits per heavy atom. The van der Waals surface area contributed by atoms with Crippen LogP contribution in [0.1, 0.15) is 16.8 Å². The zero-order valence-corrected chi connectivity index (χ0v) is 19.6. The van der Waals surface area contributed by atoms with E-state index < -0.39 is 0 Å². The first-order valence-corrected chi connectivity index (χ1v) is 11.2. The maximum Gasteiger partial charge on any atom is 0.227 e. The summed E-state index contributed by atoms with van der Waals surface area (Å²) in [4.78, 5) is 11.7. The van der Waals surface area contributed by atoms with Gasteiger partial charge in [0.05, 0.1) is 27.0 Å². The molecule has 2 aliphatic rings. The third kappa shape index (κ3) is 4.38. The summed E-state index contributed by atoms with van der Waals surface area (Å²) in [7, 11) is 4.89. The molecule has 0 saturated heterocycles. The predicted molar refractivity (Wildman–Crippen MR) is 127 cm³/mol. The Morgan fingerprint density at radius 3 is 2.59 bits per heavy atom. The van der Waals surface area contributed by atoms with Gasteiger partial charge in [-0.1, -0.05) is 6.07 Å². The molecule has 0 amide bonds. The van der Waals surface area contributed by atoms with Crippen LogP contribution in [0.3, 0.4) is 0 Å². The lowest BCUT2D eigenvalue weighted by Gasteiger charge is -2.29. The molecule has 1 N–H and O–H groups in total. The Bertz CT molecular complexity index is 1190. The van der Waals surface area contributed by atoms with Crippen LogP contribution in [0.15, 0.2) is 36.5 Å². The van der Waals surface area contributed by atoms with Gasteiger partial charge in [0.1, 0.15) is 13.2 Å². The van der Waals surface area contributed by atoms with Crippen LogP contribution in [0.5, 0.6) is 28.7 Å². The number of hydrogen-bond acceptors (Lipinski definition) is 9. The highest BCUT2D eigenvalue weighted by atomic mass is 16.6. The lowest BCUT2D eigenvalue weighted by Crippen LogP contribution is -2.31. The van der Waals surface area contributed by atoms with Crippen molar-refractivity contribution in [1.82, 2.24) is 14.9 Å². The average molecular weight is 465 g/mol. The van der Waals surface area contributed by atoms with Gasteiger partial charge in [0, 0.05) is 55.1 Å². The molecule has 1 aromatic heterocycles. The Morgan fingerprint density at radius 1 is 0.971 bits per heavy atom. The molecule has 3 heterocycles. The molecule has 178 valence electrons. The summed E-state index contributed by atoms with van der Waals surface area (Å²) in [5, 5.41) is 3.28. The highest BCUT2D eigenvalue weighted by Crippen LogP contribution is 2.40. The van der Waals surface area contributed by atoms with Crippen molar-refractivity contribution in [3.8, 4) is 28.7 Å². The second-order valence-corrected chi connectivity index (χ2v) is 8.10. The smallest absolute Gasteiger partial charge is 0.227 e. The Kier molecular flexibility index (Phi) is 6.27. The first-order valence-electron chi connectivity index (χ1n) is 11.2. The fourth-order valence-electron chi connectivity index (χ4n) is 4.35. The molecular formula is C25H28N4O5. The van der Waals surface area contributed by atoms with E-state index in [2.05, 4.69) is 15.2 Å². The van der Waals surface area contributed by atoms with E-state index in [-0.39, 0.29) is 0 Å². The molecule has 0 bridgehead atoms. The average Bonchev–Trinajstić information content (AvgIpc) is 2.88. The molecule has 0 radical (unpaired) electrons. The summed E-state index contributed by atoms with van der Waals surface area (Å²) in [6.45, 7) is 3.49. The lowest BCUT2D eigenvalue weighted by molar-refractivity contribution is 0.171. The number of aromatic nitrogens is 2. The van der Waals surface area contributed by atoms with Crippen molar-refractivity contribution in [1.29, 1.82) is 0 Å². The van der Waals surface area contributed by atoms with E-state index in [4.69, 9.17) is 28.7 Å². The van der Waals surface area contributed by atoms with Gasteiger partial charge >= 0.3 is 0 Å². The van der Waals surface area contributed by atoms with Gasteiger partial charge in [-0.25, -0.2) is 9.97 Å². The maximum absolute atomic E-state index is 5.66. The zero-order chi connectivity index (χ0) is 23.5. The van der Waals surface area contributed by atoms with Gasteiger partial charge < -0.3 is 29.0 Å². The van der Waals surface area contributed by atoms with Crippen molar-refractivity contribution < 1.29 is 23.7 Å². The Balaban J connectivity index is 1.28. The van der Waals surface area contributed by atoms with Crippen molar-refractivity contribution in [2.24, 2.45) is 0 Å². The van der Waals surface area contributed by atoms with Crippen LogP contribution in [0.2, 0.25) is 0 Å². The third-order valence-electron chi connectivity index (χ3n) is 5.99. The van der Waals surface area contributed by atoms with Gasteiger partial charge in [-0.2, -0.15) is 0 Å². The second-order valence-electron chi connectivity index (χ2n) is 8.10. The minimum atomic E-state index is 0.553. The monoisotopic (exact) mass is 464 g/mol. The fraction of sp³-hybridized carbons (Fsp3) is 0.360. The molecule has 9 nitrogen and oxygen atoms in total. The maximum atomic E-state index is 5.66. The van der Waals surface area contributed by atoms with Crippen molar-refractivity contribution in [2.75, 3.05) is 46.4 Å². The van der Waals surface area contributed by atoms with Gasteiger partial charge in [-0.15, -0.1) is 0 Å². The van der Waals surface area contributed by atoms with E-state index in [1.807, 2.05) is 36.5 Å². The Hall–Kier alpha value is -3.72. The molecule has 0 saturated carbocycles. The summed E-state index contributed by atoms with van der Waals surface area (Å²) < 4.78 is 27.8. The number of anilines is 2. The summed E-state index contributed by atoms with van der Waals surface area (Å²) in [6, 6.07) is 9.68. The van der Waals surface area contributed by atoms with Crippen LogP contribution < -0.4 is 29.0 Å². The van der Waals surface area contributed by atoms with Gasteiger partial charge in [0.2, 0.25) is 11.7 Å². The zero-order valence-electron chi connectivity index (χ0n) is 19.6. The summed E-state index contributed by atoms with van der Waals surface area (Å²) in [6.07, 6.45) is 2.74. The van der Waals surface area contributed by atoms with Crippen LogP contribution in [0.4, 0.5) is 11.6 Å². The van der Waals surface area contributed by atoms with Crippen LogP contribution in [-0.4, -0.2) is 56.0 Å². The Labute approximate surface area is 198 Å². The number of fused-ring (bicyclic) bond motifs is 2. The molecule has 5 rings (SSSR count). The lowest BCUT2D eigenvalue weighted by atomic mass is 10.1. The predicted octanol–water partition coefficient (Wildman–Crippen LogP) is 3.58. The highest BCUT2D eigenvalue weighted by Gasteiger charge is 2.22. The molecule has 34 heavy (non-hydrogen) atoms. The van der Waals surface area contributed by atoms with Crippen molar-refractivity contribution >= 4 is 11.6 Å². The number of methoxy groups -OCH3 is 3.